The zero-order valence-corrected chi connectivity index (χ0v) is 8.88. The maximum absolute atomic E-state index is 8.62. The van der Waals surface area contributed by atoms with Crippen molar-refractivity contribution in [2.45, 2.75) is 33.6 Å². The average Bonchev–Trinajstić information content (AvgIpc) is 2.20. The zero-order chi connectivity index (χ0) is 10.1. The minimum Gasteiger partial charge on any atom is -0.396 e. The molecule has 1 aromatic rings. The second-order valence-corrected chi connectivity index (χ2v) is 2.75. The summed E-state index contributed by atoms with van der Waals surface area (Å²) < 4.78 is 0. The summed E-state index contributed by atoms with van der Waals surface area (Å²) in [6, 6.07) is 8.30. The van der Waals surface area contributed by atoms with E-state index in [4.69, 9.17) is 5.11 Å². The molecule has 1 rings (SSSR count). The van der Waals surface area contributed by atoms with Crippen LogP contribution in [0.3, 0.4) is 0 Å². The van der Waals surface area contributed by atoms with Crippen molar-refractivity contribution in [1.29, 1.82) is 0 Å². The van der Waals surface area contributed by atoms with Gasteiger partial charge in [-0.25, -0.2) is 0 Å². The quantitative estimate of drug-likeness (QED) is 0.758. The summed E-state index contributed by atoms with van der Waals surface area (Å²) in [6.07, 6.45) is 1.86. The fraction of sp³-hybridized carbons (Fsp3) is 0.500. The second kappa shape index (κ2) is 7.81. The van der Waals surface area contributed by atoms with Gasteiger partial charge in [-0.05, 0) is 30.9 Å². The molecule has 0 saturated heterocycles. The Labute approximate surface area is 81.4 Å². The van der Waals surface area contributed by atoms with Crippen LogP contribution in [0.1, 0.15) is 31.4 Å². The molecule has 0 bridgehead atoms. The summed E-state index contributed by atoms with van der Waals surface area (Å²) in [7, 11) is 0. The number of hydrogen-bond acceptors (Lipinski definition) is 1. The summed E-state index contributed by atoms with van der Waals surface area (Å²) in [5, 5.41) is 8.62. The van der Waals surface area contributed by atoms with Crippen molar-refractivity contribution in [1.82, 2.24) is 0 Å². The van der Waals surface area contributed by atoms with Gasteiger partial charge >= 0.3 is 0 Å². The first-order valence-corrected chi connectivity index (χ1v) is 5.00. The van der Waals surface area contributed by atoms with E-state index in [9.17, 15) is 0 Å². The van der Waals surface area contributed by atoms with Crippen molar-refractivity contribution in [2.75, 3.05) is 6.61 Å². The van der Waals surface area contributed by atoms with Crippen molar-refractivity contribution in [3.63, 3.8) is 0 Å². The van der Waals surface area contributed by atoms with Crippen LogP contribution >= 0.6 is 0 Å². The minimum absolute atomic E-state index is 0.286. The molecule has 0 heterocycles. The van der Waals surface area contributed by atoms with E-state index < -0.39 is 0 Å². The van der Waals surface area contributed by atoms with Gasteiger partial charge in [-0.15, -0.1) is 0 Å². The molecule has 0 unspecified atom stereocenters. The third-order valence-corrected chi connectivity index (χ3v) is 1.87. The Morgan fingerprint density at radius 1 is 1.15 bits per heavy atom. The van der Waals surface area contributed by atoms with Crippen molar-refractivity contribution < 1.29 is 5.11 Å². The number of aliphatic hydroxyl groups excluding tert-OH is 1. The third-order valence-electron chi connectivity index (χ3n) is 1.87. The van der Waals surface area contributed by atoms with Gasteiger partial charge in [0.25, 0.3) is 0 Å². The first kappa shape index (κ1) is 12.2. The Hall–Kier alpha value is -0.820. The molecule has 0 aliphatic carbocycles. The molecule has 74 valence electrons. The molecular formula is C12H20O. The molecule has 1 N–H and O–H groups in total. The lowest BCUT2D eigenvalue weighted by molar-refractivity contribution is 0.288. The molecule has 0 spiro atoms. The summed E-state index contributed by atoms with van der Waals surface area (Å²) >= 11 is 0. The van der Waals surface area contributed by atoms with Crippen LogP contribution in [0.2, 0.25) is 0 Å². The number of aryl methyl sites for hydroxylation is 2. The smallest absolute Gasteiger partial charge is 0.0434 e. The Kier molecular flexibility index (Phi) is 7.32. The fourth-order valence-electron chi connectivity index (χ4n) is 1.16. The standard InChI is InChI=1S/C10H14O.C2H6/c1-9-5-2-3-6-10(9)7-4-8-11;1-2/h2-3,5-6,11H,4,7-8H2,1H3;1-2H3. The Balaban J connectivity index is 0.000000671. The van der Waals surface area contributed by atoms with Gasteiger partial charge in [0.05, 0.1) is 0 Å². The van der Waals surface area contributed by atoms with Crippen LogP contribution in [0.15, 0.2) is 24.3 Å². The van der Waals surface area contributed by atoms with Crippen LogP contribution < -0.4 is 0 Å². The van der Waals surface area contributed by atoms with Gasteiger partial charge in [0.1, 0.15) is 0 Å². The van der Waals surface area contributed by atoms with E-state index in [0.717, 1.165) is 12.8 Å². The summed E-state index contributed by atoms with van der Waals surface area (Å²) in [6.45, 7) is 6.39. The van der Waals surface area contributed by atoms with E-state index in [2.05, 4.69) is 19.1 Å². The molecular weight excluding hydrogens is 160 g/mol. The van der Waals surface area contributed by atoms with Crippen LogP contribution in [-0.4, -0.2) is 11.7 Å². The van der Waals surface area contributed by atoms with E-state index in [1.165, 1.54) is 11.1 Å². The molecule has 1 nitrogen and oxygen atoms in total. The normalized spacial score (nSPS) is 8.92. The summed E-state index contributed by atoms with van der Waals surface area (Å²) in [4.78, 5) is 0. The molecule has 0 amide bonds. The number of aliphatic hydroxyl groups is 1. The number of rotatable bonds is 3. The highest BCUT2D eigenvalue weighted by Crippen LogP contribution is 2.08. The minimum atomic E-state index is 0.286. The van der Waals surface area contributed by atoms with Gasteiger partial charge in [-0.2, -0.15) is 0 Å². The Morgan fingerprint density at radius 2 is 1.77 bits per heavy atom. The molecule has 1 heteroatoms. The topological polar surface area (TPSA) is 20.2 Å². The summed E-state index contributed by atoms with van der Waals surface area (Å²) in [5.74, 6) is 0. The van der Waals surface area contributed by atoms with Gasteiger partial charge in [0, 0.05) is 6.61 Å². The van der Waals surface area contributed by atoms with Crippen molar-refractivity contribution in [3.05, 3.63) is 35.4 Å². The highest BCUT2D eigenvalue weighted by molar-refractivity contribution is 5.25. The van der Waals surface area contributed by atoms with Gasteiger partial charge in [0.2, 0.25) is 0 Å². The molecule has 0 saturated carbocycles. The van der Waals surface area contributed by atoms with E-state index in [1.807, 2.05) is 26.0 Å². The Morgan fingerprint density at radius 3 is 2.31 bits per heavy atom. The molecule has 0 fully saturated rings. The highest BCUT2D eigenvalue weighted by Gasteiger charge is 1.94. The van der Waals surface area contributed by atoms with Crippen molar-refractivity contribution in [3.8, 4) is 0 Å². The number of benzene rings is 1. The summed E-state index contributed by atoms with van der Waals surface area (Å²) in [5.41, 5.74) is 2.67. The van der Waals surface area contributed by atoms with Crippen LogP contribution in [0, 0.1) is 6.92 Å². The molecule has 1 aromatic carbocycles. The fourth-order valence-corrected chi connectivity index (χ4v) is 1.16. The van der Waals surface area contributed by atoms with E-state index >= 15 is 0 Å². The molecule has 0 aliphatic heterocycles. The largest absolute Gasteiger partial charge is 0.396 e. The van der Waals surface area contributed by atoms with Gasteiger partial charge in [-0.1, -0.05) is 38.1 Å². The predicted octanol–water partition coefficient (Wildman–Crippen LogP) is 2.95. The van der Waals surface area contributed by atoms with Crippen LogP contribution in [0.25, 0.3) is 0 Å². The monoisotopic (exact) mass is 180 g/mol. The molecule has 0 atom stereocenters. The molecule has 0 aromatic heterocycles. The van der Waals surface area contributed by atoms with E-state index in [0.29, 0.717) is 0 Å². The SMILES string of the molecule is CC.Cc1ccccc1CCCO. The van der Waals surface area contributed by atoms with Crippen molar-refractivity contribution in [2.24, 2.45) is 0 Å². The Bertz CT molecular complexity index is 218. The zero-order valence-electron chi connectivity index (χ0n) is 8.88. The third kappa shape index (κ3) is 4.69. The molecule has 0 radical (unpaired) electrons. The lowest BCUT2D eigenvalue weighted by Crippen LogP contribution is -1.91. The van der Waals surface area contributed by atoms with Crippen LogP contribution in [0.4, 0.5) is 0 Å². The van der Waals surface area contributed by atoms with Gasteiger partial charge in [-0.3, -0.25) is 0 Å². The lowest BCUT2D eigenvalue weighted by atomic mass is 10.0. The van der Waals surface area contributed by atoms with Crippen LogP contribution in [-0.2, 0) is 6.42 Å². The van der Waals surface area contributed by atoms with Crippen molar-refractivity contribution >= 4 is 0 Å². The molecule has 0 aliphatic rings. The van der Waals surface area contributed by atoms with E-state index in [-0.39, 0.29) is 6.61 Å². The predicted molar refractivity (Wildman–Crippen MR) is 57.9 cm³/mol. The molecule has 13 heavy (non-hydrogen) atoms. The first-order chi connectivity index (χ1) is 6.34. The maximum Gasteiger partial charge on any atom is 0.0434 e. The average molecular weight is 180 g/mol. The first-order valence-electron chi connectivity index (χ1n) is 5.00. The van der Waals surface area contributed by atoms with E-state index in [1.54, 1.807) is 0 Å². The van der Waals surface area contributed by atoms with Crippen LogP contribution in [0.5, 0.6) is 0 Å². The second-order valence-electron chi connectivity index (χ2n) is 2.75. The highest BCUT2D eigenvalue weighted by atomic mass is 16.2. The van der Waals surface area contributed by atoms with Gasteiger partial charge < -0.3 is 5.11 Å². The number of hydrogen-bond donors (Lipinski definition) is 1. The van der Waals surface area contributed by atoms with Gasteiger partial charge in [0.15, 0.2) is 0 Å². The maximum atomic E-state index is 8.62. The lowest BCUT2D eigenvalue weighted by Gasteiger charge is -2.02.